The Morgan fingerprint density at radius 3 is 2.00 bits per heavy atom. The van der Waals surface area contributed by atoms with E-state index >= 15 is 0 Å². The number of hydrogen-bond donors (Lipinski definition) is 0. The van der Waals surface area contributed by atoms with Crippen molar-refractivity contribution in [3.8, 4) is 0 Å². The second-order valence-electron chi connectivity index (χ2n) is 2.04. The molecule has 0 rings (SSSR count). The Hall–Kier alpha value is 0.137. The number of rotatable bonds is 3. The van der Waals surface area contributed by atoms with Gasteiger partial charge in [0.15, 0.2) is 0 Å². The van der Waals surface area contributed by atoms with Crippen LogP contribution < -0.4 is 0 Å². The van der Waals surface area contributed by atoms with E-state index in [1.165, 1.54) is 0 Å². The van der Waals surface area contributed by atoms with Crippen molar-refractivity contribution < 1.29 is 8.85 Å². The summed E-state index contributed by atoms with van der Waals surface area (Å²) in [5.74, 6) is 0. The molecule has 0 heterocycles. The van der Waals surface area contributed by atoms with Gasteiger partial charge in [-0.3, -0.25) is 0 Å². The molecule has 0 aliphatic heterocycles. The molecule has 0 unspecified atom stereocenters. The van der Waals surface area contributed by atoms with Crippen LogP contribution in [-0.4, -0.2) is 22.3 Å². The largest absolute Gasteiger partial charge is 0.398 e. The molecule has 0 radical (unpaired) electrons. The second-order valence-corrected chi connectivity index (χ2v) is 5.53. The second kappa shape index (κ2) is 3.22. The van der Waals surface area contributed by atoms with Gasteiger partial charge in [-0.05, 0) is 20.0 Å². The van der Waals surface area contributed by atoms with Crippen molar-refractivity contribution in [1.29, 1.82) is 0 Å². The van der Waals surface area contributed by atoms with Gasteiger partial charge in [0.25, 0.3) is 0 Å². The summed E-state index contributed by atoms with van der Waals surface area (Å²) < 4.78 is 10.4. The first-order valence-electron chi connectivity index (χ1n) is 2.81. The fourth-order valence-corrected chi connectivity index (χ4v) is 1.22. The molecule has 0 bridgehead atoms. The zero-order chi connectivity index (χ0) is 6.62. The minimum absolute atomic E-state index is 0.757. The van der Waals surface area contributed by atoms with Crippen LogP contribution in [0.15, 0.2) is 0 Å². The summed E-state index contributed by atoms with van der Waals surface area (Å²) in [6.45, 7) is 6.79. The third-order valence-corrected chi connectivity index (χ3v) is 2.95. The summed E-state index contributed by atoms with van der Waals surface area (Å²) in [5.41, 5.74) is 0. The molecule has 0 saturated carbocycles. The lowest BCUT2D eigenvalue weighted by atomic mass is 10.9. The van der Waals surface area contributed by atoms with Gasteiger partial charge >= 0.3 is 8.56 Å². The average Bonchev–Trinajstić information content (AvgIpc) is 1.67. The van der Waals surface area contributed by atoms with Gasteiger partial charge in [-0.25, -0.2) is 0 Å². The maximum Gasteiger partial charge on any atom is 0.331 e. The van der Waals surface area contributed by atoms with Crippen molar-refractivity contribution in [1.82, 2.24) is 0 Å². The third kappa shape index (κ3) is 3.18. The van der Waals surface area contributed by atoms with Gasteiger partial charge in [-0.2, -0.15) is 0 Å². The lowest BCUT2D eigenvalue weighted by Crippen LogP contribution is -2.32. The van der Waals surface area contributed by atoms with Gasteiger partial charge in [-0.1, -0.05) is 0 Å². The highest BCUT2D eigenvalue weighted by atomic mass is 28.4. The van der Waals surface area contributed by atoms with Crippen molar-refractivity contribution in [3.63, 3.8) is 0 Å². The van der Waals surface area contributed by atoms with E-state index in [0.717, 1.165) is 6.61 Å². The van der Waals surface area contributed by atoms with Crippen LogP contribution in [0.5, 0.6) is 0 Å². The minimum Gasteiger partial charge on any atom is -0.398 e. The van der Waals surface area contributed by atoms with Crippen molar-refractivity contribution in [2.24, 2.45) is 0 Å². The standard InChI is InChI=1S/C5H14O2Si/c1-5-7-8(3,4)6-2/h5H2,1-4H3. The first-order valence-corrected chi connectivity index (χ1v) is 5.63. The van der Waals surface area contributed by atoms with E-state index in [4.69, 9.17) is 8.85 Å². The Morgan fingerprint density at radius 1 is 1.38 bits per heavy atom. The molecule has 0 atom stereocenters. The Kier molecular flexibility index (Phi) is 3.27. The van der Waals surface area contributed by atoms with Crippen LogP contribution >= 0.6 is 0 Å². The maximum absolute atomic E-state index is 5.30. The summed E-state index contributed by atoms with van der Waals surface area (Å²) in [6, 6.07) is 0. The van der Waals surface area contributed by atoms with E-state index < -0.39 is 8.56 Å². The summed E-state index contributed by atoms with van der Waals surface area (Å²) >= 11 is 0. The molecule has 0 aromatic heterocycles. The highest BCUT2D eigenvalue weighted by molar-refractivity contribution is 6.64. The molecule has 0 saturated heterocycles. The highest BCUT2D eigenvalue weighted by Gasteiger charge is 2.20. The van der Waals surface area contributed by atoms with Gasteiger partial charge in [0.1, 0.15) is 0 Å². The van der Waals surface area contributed by atoms with E-state index in [0.29, 0.717) is 0 Å². The third-order valence-electron chi connectivity index (χ3n) is 0.984. The molecule has 0 fully saturated rings. The van der Waals surface area contributed by atoms with E-state index in [9.17, 15) is 0 Å². The van der Waals surface area contributed by atoms with Crippen LogP contribution in [0.4, 0.5) is 0 Å². The van der Waals surface area contributed by atoms with Gasteiger partial charge in [-0.15, -0.1) is 0 Å². The van der Waals surface area contributed by atoms with Crippen molar-refractivity contribution in [2.45, 2.75) is 20.0 Å². The molecule has 0 aliphatic rings. The van der Waals surface area contributed by atoms with Crippen LogP contribution in [0.25, 0.3) is 0 Å². The fraction of sp³-hybridized carbons (Fsp3) is 1.00. The zero-order valence-electron chi connectivity index (χ0n) is 6.02. The van der Waals surface area contributed by atoms with E-state index in [-0.39, 0.29) is 0 Å². The van der Waals surface area contributed by atoms with Gasteiger partial charge < -0.3 is 8.85 Å². The summed E-state index contributed by atoms with van der Waals surface area (Å²) in [7, 11) is 0.0190. The van der Waals surface area contributed by atoms with Crippen molar-refractivity contribution in [3.05, 3.63) is 0 Å². The molecule has 0 aliphatic carbocycles. The lowest BCUT2D eigenvalue weighted by Gasteiger charge is -2.18. The molecule has 0 aromatic rings. The maximum atomic E-state index is 5.30. The first kappa shape index (κ1) is 8.14. The zero-order valence-corrected chi connectivity index (χ0v) is 7.02. The van der Waals surface area contributed by atoms with Crippen LogP contribution in [0.1, 0.15) is 6.92 Å². The quantitative estimate of drug-likeness (QED) is 0.543. The Bertz CT molecular complexity index is 63.4. The summed E-state index contributed by atoms with van der Waals surface area (Å²) in [6.07, 6.45) is 0. The Morgan fingerprint density at radius 2 is 1.88 bits per heavy atom. The molecule has 0 spiro atoms. The van der Waals surface area contributed by atoms with Gasteiger partial charge in [0.05, 0.1) is 0 Å². The monoisotopic (exact) mass is 134 g/mol. The normalized spacial score (nSPS) is 12.0. The molecule has 0 N–H and O–H groups in total. The Labute approximate surface area is 52.1 Å². The predicted molar refractivity (Wildman–Crippen MR) is 36.1 cm³/mol. The molecule has 0 amide bonds. The van der Waals surface area contributed by atoms with Crippen LogP contribution in [-0.2, 0) is 8.85 Å². The molecular weight excluding hydrogens is 120 g/mol. The topological polar surface area (TPSA) is 18.5 Å². The first-order chi connectivity index (χ1) is 3.62. The van der Waals surface area contributed by atoms with Crippen molar-refractivity contribution in [2.75, 3.05) is 13.7 Å². The van der Waals surface area contributed by atoms with E-state index in [1.807, 2.05) is 20.0 Å². The number of hydrogen-bond acceptors (Lipinski definition) is 2. The minimum atomic E-state index is -1.68. The lowest BCUT2D eigenvalue weighted by molar-refractivity contribution is 0.222. The molecular formula is C5H14O2Si. The fourth-order valence-electron chi connectivity index (χ4n) is 0.407. The molecule has 0 aromatic carbocycles. The van der Waals surface area contributed by atoms with E-state index in [1.54, 1.807) is 7.11 Å². The summed E-state index contributed by atoms with van der Waals surface area (Å²) in [4.78, 5) is 0. The SMILES string of the molecule is CCO[Si](C)(C)OC. The molecule has 2 nitrogen and oxygen atoms in total. The van der Waals surface area contributed by atoms with Crippen LogP contribution in [0, 0.1) is 0 Å². The van der Waals surface area contributed by atoms with Crippen LogP contribution in [0.3, 0.4) is 0 Å². The predicted octanol–water partition coefficient (Wildman–Crippen LogP) is 1.37. The van der Waals surface area contributed by atoms with Gasteiger partial charge in [0.2, 0.25) is 0 Å². The molecule has 8 heavy (non-hydrogen) atoms. The van der Waals surface area contributed by atoms with Gasteiger partial charge in [0, 0.05) is 13.7 Å². The van der Waals surface area contributed by atoms with E-state index in [2.05, 4.69) is 0 Å². The van der Waals surface area contributed by atoms with Crippen LogP contribution in [0.2, 0.25) is 13.1 Å². The summed E-state index contributed by atoms with van der Waals surface area (Å²) in [5, 5.41) is 0. The van der Waals surface area contributed by atoms with Crippen molar-refractivity contribution >= 4 is 8.56 Å². The molecule has 3 heteroatoms. The smallest absolute Gasteiger partial charge is 0.331 e. The average molecular weight is 134 g/mol. The Balaban J connectivity index is 3.37. The highest BCUT2D eigenvalue weighted by Crippen LogP contribution is 2.02. The molecule has 50 valence electrons.